The van der Waals surface area contributed by atoms with Crippen molar-refractivity contribution < 1.29 is 9.59 Å². The molecule has 1 N–H and O–H groups in total. The first-order valence-corrected chi connectivity index (χ1v) is 7.99. The molecule has 1 aliphatic carbocycles. The van der Waals surface area contributed by atoms with E-state index in [0.717, 1.165) is 31.6 Å². The van der Waals surface area contributed by atoms with Gasteiger partial charge in [0.1, 0.15) is 0 Å². The monoisotopic (exact) mass is 301 g/mol. The molecule has 1 saturated carbocycles. The molecule has 2 fully saturated rings. The molecular weight excluding hydrogens is 278 g/mol. The second kappa shape index (κ2) is 5.71. The van der Waals surface area contributed by atoms with E-state index in [1.807, 2.05) is 11.0 Å². The molecule has 5 heteroatoms. The second-order valence-corrected chi connectivity index (χ2v) is 7.01. The smallest absolute Gasteiger partial charge is 0.228 e. The Labute approximate surface area is 131 Å². The van der Waals surface area contributed by atoms with Gasteiger partial charge in [0.2, 0.25) is 11.8 Å². The summed E-state index contributed by atoms with van der Waals surface area (Å²) in [6.45, 7) is 5.65. The van der Waals surface area contributed by atoms with Crippen LogP contribution in [0, 0.1) is 17.3 Å². The summed E-state index contributed by atoms with van der Waals surface area (Å²) in [5.74, 6) is 0.703. The number of aromatic nitrogens is 1. The minimum absolute atomic E-state index is 0.0267. The van der Waals surface area contributed by atoms with E-state index >= 15 is 0 Å². The van der Waals surface area contributed by atoms with Crippen molar-refractivity contribution in [2.24, 2.45) is 17.3 Å². The number of nitrogens with one attached hydrogen (secondary N) is 1. The Hall–Kier alpha value is -1.91. The highest BCUT2D eigenvalue weighted by Gasteiger charge is 2.61. The van der Waals surface area contributed by atoms with Gasteiger partial charge >= 0.3 is 0 Å². The molecule has 1 spiro atoms. The van der Waals surface area contributed by atoms with Gasteiger partial charge in [0, 0.05) is 37.0 Å². The molecule has 3 rings (SSSR count). The number of hydrogen-bond acceptors (Lipinski definition) is 3. The van der Waals surface area contributed by atoms with Crippen LogP contribution in [0.4, 0.5) is 5.69 Å². The van der Waals surface area contributed by atoms with Crippen LogP contribution >= 0.6 is 0 Å². The van der Waals surface area contributed by atoms with E-state index in [2.05, 4.69) is 24.1 Å². The van der Waals surface area contributed by atoms with Crippen molar-refractivity contribution in [2.75, 3.05) is 18.4 Å². The predicted molar refractivity (Wildman–Crippen MR) is 84.1 cm³/mol. The van der Waals surface area contributed by atoms with Gasteiger partial charge in [0.05, 0.1) is 11.9 Å². The Morgan fingerprint density at radius 1 is 1.50 bits per heavy atom. The van der Waals surface area contributed by atoms with Gasteiger partial charge in [0.15, 0.2) is 0 Å². The van der Waals surface area contributed by atoms with E-state index in [4.69, 9.17) is 0 Å². The number of pyridine rings is 1. The number of likely N-dealkylation sites (tertiary alicyclic amines) is 1. The molecule has 0 aromatic carbocycles. The fraction of sp³-hybridized carbons (Fsp3) is 0.588. The summed E-state index contributed by atoms with van der Waals surface area (Å²) in [4.78, 5) is 30.4. The van der Waals surface area contributed by atoms with Crippen LogP contribution in [0.2, 0.25) is 0 Å². The minimum Gasteiger partial charge on any atom is -0.342 e. The number of amides is 2. The van der Waals surface area contributed by atoms with Gasteiger partial charge in [-0.25, -0.2) is 0 Å². The number of anilines is 1. The molecule has 2 aliphatic rings. The number of nitrogens with zero attached hydrogens (tertiary/aromatic N) is 2. The lowest BCUT2D eigenvalue weighted by Gasteiger charge is -2.18. The first-order valence-electron chi connectivity index (χ1n) is 7.99. The maximum absolute atomic E-state index is 12.3. The fourth-order valence-corrected chi connectivity index (χ4v) is 3.42. The largest absolute Gasteiger partial charge is 0.342 e. The molecule has 1 aromatic heterocycles. The third-order valence-electron chi connectivity index (χ3n) is 4.76. The van der Waals surface area contributed by atoms with E-state index in [9.17, 15) is 9.59 Å². The number of rotatable bonds is 4. The Kier molecular flexibility index (Phi) is 3.89. The van der Waals surface area contributed by atoms with Crippen LogP contribution in [0.25, 0.3) is 0 Å². The zero-order valence-electron chi connectivity index (χ0n) is 13.2. The summed E-state index contributed by atoms with van der Waals surface area (Å²) < 4.78 is 0. The van der Waals surface area contributed by atoms with Crippen LogP contribution in [0.15, 0.2) is 24.5 Å². The van der Waals surface area contributed by atoms with E-state index < -0.39 is 0 Å². The molecule has 2 atom stereocenters. The van der Waals surface area contributed by atoms with Crippen LogP contribution in [-0.2, 0) is 9.59 Å². The van der Waals surface area contributed by atoms with Crippen molar-refractivity contribution in [3.05, 3.63) is 24.5 Å². The first kappa shape index (κ1) is 15.0. The van der Waals surface area contributed by atoms with Gasteiger partial charge in [-0.2, -0.15) is 0 Å². The van der Waals surface area contributed by atoms with Crippen LogP contribution < -0.4 is 5.32 Å². The molecule has 118 valence electrons. The Morgan fingerprint density at radius 3 is 3.00 bits per heavy atom. The van der Waals surface area contributed by atoms with Gasteiger partial charge in [0.25, 0.3) is 0 Å². The molecular formula is C17H23N3O2. The Morgan fingerprint density at radius 2 is 2.32 bits per heavy atom. The molecule has 0 radical (unpaired) electrons. The highest BCUT2D eigenvalue weighted by atomic mass is 16.2. The van der Waals surface area contributed by atoms with Crippen molar-refractivity contribution in [1.29, 1.82) is 0 Å². The zero-order valence-corrected chi connectivity index (χ0v) is 13.2. The summed E-state index contributed by atoms with van der Waals surface area (Å²) in [7, 11) is 0. The Balaban J connectivity index is 1.55. The number of hydrogen-bond donors (Lipinski definition) is 1. The summed E-state index contributed by atoms with van der Waals surface area (Å²) in [5.41, 5.74) is 0.763. The molecule has 0 bridgehead atoms. The third-order valence-corrected chi connectivity index (χ3v) is 4.76. The summed E-state index contributed by atoms with van der Waals surface area (Å²) in [5, 5.41) is 2.93. The lowest BCUT2D eigenvalue weighted by Crippen LogP contribution is -2.30. The zero-order chi connectivity index (χ0) is 15.7. The number of carbonyl (C=O) groups excluding carboxylic acids is 2. The summed E-state index contributed by atoms with van der Waals surface area (Å²) in [6.07, 6.45) is 5.78. The highest BCUT2D eigenvalue weighted by molar-refractivity contribution is 5.95. The summed E-state index contributed by atoms with van der Waals surface area (Å²) in [6, 6.07) is 3.65. The fourth-order valence-electron chi connectivity index (χ4n) is 3.42. The van der Waals surface area contributed by atoms with Crippen molar-refractivity contribution in [3.8, 4) is 0 Å². The minimum atomic E-state index is 0.0267. The average molecular weight is 301 g/mol. The van der Waals surface area contributed by atoms with Crippen molar-refractivity contribution in [2.45, 2.75) is 33.1 Å². The molecule has 2 heterocycles. The normalized spacial score (nSPS) is 26.5. The maximum Gasteiger partial charge on any atom is 0.228 e. The van der Waals surface area contributed by atoms with Gasteiger partial charge in [-0.05, 0) is 30.9 Å². The summed E-state index contributed by atoms with van der Waals surface area (Å²) >= 11 is 0. The quantitative estimate of drug-likeness (QED) is 0.928. The first-order chi connectivity index (χ1) is 10.5. The topological polar surface area (TPSA) is 62.3 Å². The van der Waals surface area contributed by atoms with E-state index in [-0.39, 0.29) is 23.1 Å². The van der Waals surface area contributed by atoms with Crippen molar-refractivity contribution in [1.82, 2.24) is 9.88 Å². The van der Waals surface area contributed by atoms with Crippen molar-refractivity contribution in [3.63, 3.8) is 0 Å². The molecule has 1 aliphatic heterocycles. The van der Waals surface area contributed by atoms with E-state index in [0.29, 0.717) is 12.3 Å². The van der Waals surface area contributed by atoms with Gasteiger partial charge in [-0.1, -0.05) is 13.8 Å². The lowest BCUT2D eigenvalue weighted by atomic mass is 10.0. The molecule has 2 amide bonds. The standard InChI is InChI=1S/C17H23N3O2/c1-12(2)8-15(21)20-7-5-17(11-20)9-14(17)16(22)19-13-4-3-6-18-10-13/h3-4,6,10,12,14H,5,7-9,11H2,1-2H3,(H,19,22). The van der Waals surface area contributed by atoms with Gasteiger partial charge in [-0.3, -0.25) is 14.6 Å². The third kappa shape index (κ3) is 2.98. The van der Waals surface area contributed by atoms with Gasteiger partial charge < -0.3 is 10.2 Å². The van der Waals surface area contributed by atoms with Crippen LogP contribution in [0.5, 0.6) is 0 Å². The molecule has 1 saturated heterocycles. The number of carbonyl (C=O) groups is 2. The highest BCUT2D eigenvalue weighted by Crippen LogP contribution is 2.58. The average Bonchev–Trinajstić information content (AvgIpc) is 3.00. The predicted octanol–water partition coefficient (Wildman–Crippen LogP) is 2.30. The van der Waals surface area contributed by atoms with Crippen LogP contribution in [0.3, 0.4) is 0 Å². The second-order valence-electron chi connectivity index (χ2n) is 7.01. The SMILES string of the molecule is CC(C)CC(=O)N1CCC2(CC2C(=O)Nc2cccnc2)C1. The molecule has 1 aromatic rings. The Bertz CT molecular complexity index is 573. The van der Waals surface area contributed by atoms with E-state index in [1.165, 1.54) is 0 Å². The molecule has 5 nitrogen and oxygen atoms in total. The molecule has 2 unspecified atom stereocenters. The van der Waals surface area contributed by atoms with E-state index in [1.54, 1.807) is 18.5 Å². The van der Waals surface area contributed by atoms with Crippen LogP contribution in [-0.4, -0.2) is 34.8 Å². The maximum atomic E-state index is 12.3. The van der Waals surface area contributed by atoms with Crippen LogP contribution in [0.1, 0.15) is 33.1 Å². The molecule has 22 heavy (non-hydrogen) atoms. The van der Waals surface area contributed by atoms with Crippen molar-refractivity contribution >= 4 is 17.5 Å². The van der Waals surface area contributed by atoms with Gasteiger partial charge in [-0.15, -0.1) is 0 Å². The lowest BCUT2D eigenvalue weighted by molar-refractivity contribution is -0.131.